The molecule has 108 valence electrons. The van der Waals surface area contributed by atoms with Crippen LogP contribution in [0, 0.1) is 5.41 Å². The van der Waals surface area contributed by atoms with Gasteiger partial charge in [-0.15, -0.1) is 0 Å². The number of amides is 2. The summed E-state index contributed by atoms with van der Waals surface area (Å²) in [6.45, 7) is 7.25. The topological polar surface area (TPSA) is 75.7 Å². The van der Waals surface area contributed by atoms with Crippen LogP contribution in [0.15, 0.2) is 0 Å². The number of carbonyl (C=O) groups excluding carboxylic acids is 3. The van der Waals surface area contributed by atoms with Crippen molar-refractivity contribution in [2.24, 2.45) is 5.41 Å². The number of nitrogens with one attached hydrogen (secondary N) is 1. The minimum atomic E-state index is -0.688. The molecule has 1 N–H and O–H groups in total. The molecule has 2 amide bonds. The van der Waals surface area contributed by atoms with E-state index in [-0.39, 0.29) is 30.8 Å². The summed E-state index contributed by atoms with van der Waals surface area (Å²) >= 11 is 0. The Balaban J connectivity index is 2.82. The largest absolute Gasteiger partial charge is 0.468 e. The van der Waals surface area contributed by atoms with Crippen molar-refractivity contribution in [3.05, 3.63) is 0 Å². The average molecular weight is 270 g/mol. The Bertz CT molecular complexity index is 390. The molecule has 1 atom stereocenters. The Kier molecular flexibility index (Phi) is 4.68. The molecule has 0 aliphatic carbocycles. The lowest BCUT2D eigenvalue weighted by molar-refractivity contribution is -0.146. The fourth-order valence-corrected chi connectivity index (χ4v) is 2.13. The number of ether oxygens (including phenoxy) is 1. The third-order valence-corrected chi connectivity index (χ3v) is 3.10. The van der Waals surface area contributed by atoms with E-state index in [2.05, 4.69) is 5.32 Å². The maximum absolute atomic E-state index is 12.1. The van der Waals surface area contributed by atoms with Crippen LogP contribution in [0.1, 0.15) is 34.1 Å². The highest BCUT2D eigenvalue weighted by Gasteiger charge is 2.45. The molecule has 0 aromatic heterocycles. The van der Waals surface area contributed by atoms with Gasteiger partial charge < -0.3 is 10.1 Å². The first kappa shape index (κ1) is 15.6. The van der Waals surface area contributed by atoms with Crippen molar-refractivity contribution < 1.29 is 19.1 Å². The highest BCUT2D eigenvalue weighted by atomic mass is 16.5. The second kappa shape index (κ2) is 5.69. The quantitative estimate of drug-likeness (QED) is 0.575. The molecule has 6 nitrogen and oxygen atoms in total. The van der Waals surface area contributed by atoms with Crippen LogP contribution in [0.4, 0.5) is 0 Å². The van der Waals surface area contributed by atoms with Gasteiger partial charge in [0.15, 0.2) is 0 Å². The number of likely N-dealkylation sites (tertiary alicyclic amines) is 1. The Morgan fingerprint density at radius 2 is 2.00 bits per heavy atom. The predicted octanol–water partition coefficient (Wildman–Crippen LogP) is 0.311. The summed E-state index contributed by atoms with van der Waals surface area (Å²) in [6, 6.07) is -0.642. The SMILES string of the molecule is COC(=O)C(CN1C(=O)CC(C)(C)C1=O)NC(C)C. The Morgan fingerprint density at radius 1 is 1.42 bits per heavy atom. The van der Waals surface area contributed by atoms with Crippen LogP contribution in [0.5, 0.6) is 0 Å². The number of rotatable bonds is 5. The first-order valence-electron chi connectivity index (χ1n) is 6.37. The number of hydrogen-bond acceptors (Lipinski definition) is 5. The third-order valence-electron chi connectivity index (χ3n) is 3.10. The van der Waals surface area contributed by atoms with Gasteiger partial charge in [-0.3, -0.25) is 19.3 Å². The minimum Gasteiger partial charge on any atom is -0.468 e. The lowest BCUT2D eigenvalue weighted by atomic mass is 9.92. The van der Waals surface area contributed by atoms with Crippen molar-refractivity contribution in [1.82, 2.24) is 10.2 Å². The van der Waals surface area contributed by atoms with Gasteiger partial charge in [-0.25, -0.2) is 0 Å². The average Bonchev–Trinajstić information content (AvgIpc) is 2.48. The van der Waals surface area contributed by atoms with E-state index in [9.17, 15) is 14.4 Å². The van der Waals surface area contributed by atoms with E-state index < -0.39 is 17.4 Å². The molecule has 0 spiro atoms. The molecule has 0 aromatic carbocycles. The number of esters is 1. The standard InChI is InChI=1S/C13H22N2O4/c1-8(2)14-9(11(17)19-5)7-15-10(16)6-13(3,4)12(15)18/h8-9,14H,6-7H2,1-5H3. The number of carbonyl (C=O) groups is 3. The molecule has 6 heteroatoms. The zero-order valence-corrected chi connectivity index (χ0v) is 12.1. The lowest BCUT2D eigenvalue weighted by Gasteiger charge is -2.24. The zero-order valence-electron chi connectivity index (χ0n) is 12.1. The van der Waals surface area contributed by atoms with Crippen molar-refractivity contribution in [2.45, 2.75) is 46.2 Å². The number of methoxy groups -OCH3 is 1. The highest BCUT2D eigenvalue weighted by molar-refractivity contribution is 6.05. The normalized spacial score (nSPS) is 20.0. The minimum absolute atomic E-state index is 0.0198. The van der Waals surface area contributed by atoms with E-state index in [1.807, 2.05) is 13.8 Å². The number of hydrogen-bond donors (Lipinski definition) is 1. The van der Waals surface area contributed by atoms with Gasteiger partial charge in [-0.1, -0.05) is 27.7 Å². The number of nitrogens with zero attached hydrogens (tertiary/aromatic N) is 1. The van der Waals surface area contributed by atoms with E-state index >= 15 is 0 Å². The monoisotopic (exact) mass is 270 g/mol. The molecule has 1 unspecified atom stereocenters. The Morgan fingerprint density at radius 3 is 2.37 bits per heavy atom. The first-order chi connectivity index (χ1) is 8.69. The van der Waals surface area contributed by atoms with E-state index in [0.29, 0.717) is 0 Å². The van der Waals surface area contributed by atoms with Gasteiger partial charge in [0.05, 0.1) is 19.1 Å². The molecule has 1 fully saturated rings. The Hall–Kier alpha value is -1.43. The van der Waals surface area contributed by atoms with Crippen LogP contribution in [-0.2, 0) is 19.1 Å². The summed E-state index contributed by atoms with van der Waals surface area (Å²) in [4.78, 5) is 36.8. The molecule has 1 saturated heterocycles. The van der Waals surface area contributed by atoms with Crippen LogP contribution in [0.25, 0.3) is 0 Å². The van der Waals surface area contributed by atoms with Gasteiger partial charge in [0.2, 0.25) is 11.8 Å². The third kappa shape index (κ3) is 3.53. The molecule has 0 saturated carbocycles. The molecule has 1 aliphatic rings. The zero-order chi connectivity index (χ0) is 14.8. The van der Waals surface area contributed by atoms with E-state index in [0.717, 1.165) is 4.90 Å². The molecular formula is C13H22N2O4. The smallest absolute Gasteiger partial charge is 0.324 e. The van der Waals surface area contributed by atoms with Crippen molar-refractivity contribution >= 4 is 17.8 Å². The molecule has 0 aromatic rings. The Labute approximate surface area is 113 Å². The predicted molar refractivity (Wildman–Crippen MR) is 69.2 cm³/mol. The second-order valence-electron chi connectivity index (χ2n) is 5.77. The van der Waals surface area contributed by atoms with E-state index in [1.165, 1.54) is 7.11 Å². The second-order valence-corrected chi connectivity index (χ2v) is 5.77. The summed E-state index contributed by atoms with van der Waals surface area (Å²) < 4.78 is 4.70. The molecule has 1 rings (SSSR count). The van der Waals surface area contributed by atoms with Crippen LogP contribution in [0.2, 0.25) is 0 Å². The summed E-state index contributed by atoms with van der Waals surface area (Å²) in [5.41, 5.74) is -0.685. The van der Waals surface area contributed by atoms with E-state index in [1.54, 1.807) is 13.8 Å². The van der Waals surface area contributed by atoms with Crippen LogP contribution >= 0.6 is 0 Å². The van der Waals surface area contributed by atoms with Crippen molar-refractivity contribution in [1.29, 1.82) is 0 Å². The molecule has 1 aliphatic heterocycles. The van der Waals surface area contributed by atoms with Crippen LogP contribution in [0.3, 0.4) is 0 Å². The highest BCUT2D eigenvalue weighted by Crippen LogP contribution is 2.31. The molecule has 0 bridgehead atoms. The van der Waals surface area contributed by atoms with E-state index in [4.69, 9.17) is 4.74 Å². The van der Waals surface area contributed by atoms with Gasteiger partial charge in [0.1, 0.15) is 6.04 Å². The van der Waals surface area contributed by atoms with Crippen LogP contribution in [-0.4, -0.2) is 48.4 Å². The molecular weight excluding hydrogens is 248 g/mol. The maximum atomic E-state index is 12.1. The van der Waals surface area contributed by atoms with Gasteiger partial charge in [0.25, 0.3) is 0 Å². The van der Waals surface area contributed by atoms with Gasteiger partial charge >= 0.3 is 5.97 Å². The summed E-state index contributed by atoms with van der Waals surface area (Å²) in [6.07, 6.45) is 0.182. The molecule has 0 radical (unpaired) electrons. The fraction of sp³-hybridized carbons (Fsp3) is 0.769. The molecule has 1 heterocycles. The first-order valence-corrected chi connectivity index (χ1v) is 6.37. The van der Waals surface area contributed by atoms with Gasteiger partial charge in [0, 0.05) is 12.5 Å². The lowest BCUT2D eigenvalue weighted by Crippen LogP contribution is -2.51. The number of imide groups is 1. The van der Waals surface area contributed by atoms with Crippen LogP contribution < -0.4 is 5.32 Å². The summed E-state index contributed by atoms with van der Waals surface area (Å²) in [5.74, 6) is -0.953. The van der Waals surface area contributed by atoms with Gasteiger partial charge in [-0.05, 0) is 0 Å². The fourth-order valence-electron chi connectivity index (χ4n) is 2.13. The summed E-state index contributed by atoms with van der Waals surface area (Å²) in [5, 5.41) is 3.01. The maximum Gasteiger partial charge on any atom is 0.324 e. The van der Waals surface area contributed by atoms with Crippen molar-refractivity contribution in [3.63, 3.8) is 0 Å². The van der Waals surface area contributed by atoms with Crippen molar-refractivity contribution in [2.75, 3.05) is 13.7 Å². The summed E-state index contributed by atoms with van der Waals surface area (Å²) in [7, 11) is 1.29. The van der Waals surface area contributed by atoms with Crippen molar-refractivity contribution in [3.8, 4) is 0 Å². The molecule has 19 heavy (non-hydrogen) atoms. The van der Waals surface area contributed by atoms with Gasteiger partial charge in [-0.2, -0.15) is 0 Å².